The molecule has 3 N–H and O–H groups in total. The maximum atomic E-state index is 11.2. The number of rotatable bonds is 3. The first-order valence-corrected chi connectivity index (χ1v) is 19.2. The maximum Gasteiger partial charge on any atom is 1.00 e. The molecule has 15 heteroatoms. The number of fused-ring (bicyclic) bond motifs is 2. The zero-order valence-corrected chi connectivity index (χ0v) is 34.9. The number of H-pyrrole nitrogens is 2. The Morgan fingerprint density at radius 2 is 1.16 bits per heavy atom. The molecule has 2 aliphatic carbocycles. The van der Waals surface area contributed by atoms with Crippen molar-refractivity contribution >= 4 is 53.8 Å². The van der Waals surface area contributed by atoms with Crippen LogP contribution in [0.4, 0.5) is 0 Å². The number of pyridine rings is 2. The second kappa shape index (κ2) is 24.9. The number of likely N-dealkylation sites (tertiary alicyclic amines) is 1. The van der Waals surface area contributed by atoms with E-state index in [4.69, 9.17) is 0 Å². The molecule has 13 nitrogen and oxygen atoms in total. The fourth-order valence-corrected chi connectivity index (χ4v) is 7.43. The van der Waals surface area contributed by atoms with Gasteiger partial charge in [0.15, 0.2) is 0 Å². The van der Waals surface area contributed by atoms with Gasteiger partial charge in [-0.25, -0.2) is 19.4 Å². The van der Waals surface area contributed by atoms with E-state index in [2.05, 4.69) is 71.1 Å². The molecule has 2 saturated carbocycles. The van der Waals surface area contributed by atoms with Crippen LogP contribution in [0.1, 0.15) is 121 Å². The van der Waals surface area contributed by atoms with Crippen LogP contribution in [0, 0.1) is 0 Å². The molecule has 55 heavy (non-hydrogen) atoms. The summed E-state index contributed by atoms with van der Waals surface area (Å²) >= 11 is 0. The molecule has 0 amide bonds. The minimum atomic E-state index is -0.639. The van der Waals surface area contributed by atoms with Gasteiger partial charge in [0.2, 0.25) is 5.97 Å². The molecule has 0 aromatic carbocycles. The predicted molar refractivity (Wildman–Crippen MR) is 207 cm³/mol. The summed E-state index contributed by atoms with van der Waals surface area (Å²) in [4.78, 5) is 66.4. The largest absolute Gasteiger partial charge is 1.00 e. The normalized spacial score (nSPS) is 19.5. The van der Waals surface area contributed by atoms with Crippen molar-refractivity contribution in [1.29, 1.82) is 0 Å². The minimum Gasteiger partial charge on any atom is -0.793 e. The second-order valence-electron chi connectivity index (χ2n) is 14.1. The number of aromatic nitrogens is 4. The van der Waals surface area contributed by atoms with Gasteiger partial charge in [0.25, 0.3) is 0 Å². The van der Waals surface area contributed by atoms with E-state index in [1.165, 1.54) is 107 Å². The van der Waals surface area contributed by atoms with Gasteiger partial charge in [-0.05, 0) is 138 Å². The number of ketones is 1. The van der Waals surface area contributed by atoms with Crippen molar-refractivity contribution in [2.75, 3.05) is 26.2 Å². The van der Waals surface area contributed by atoms with Crippen LogP contribution >= 0.6 is 0 Å². The predicted octanol–water partition coefficient (Wildman–Crippen LogP) is 3.51. The van der Waals surface area contributed by atoms with E-state index < -0.39 is 17.9 Å². The molecule has 0 spiro atoms. The Morgan fingerprint density at radius 3 is 1.56 bits per heavy atom. The third-order valence-electron chi connectivity index (χ3n) is 10.1. The van der Waals surface area contributed by atoms with E-state index in [0.29, 0.717) is 17.6 Å². The number of nitrogens with zero attached hydrogens (tertiary/aromatic N) is 3. The fraction of sp³-hybridized carbons (Fsp3) is 0.550. The molecule has 4 fully saturated rings. The number of aromatic amines is 2. The average Bonchev–Trinajstić information content (AvgIpc) is 4.04. The van der Waals surface area contributed by atoms with Crippen molar-refractivity contribution in [3.63, 3.8) is 0 Å². The van der Waals surface area contributed by atoms with E-state index in [9.17, 15) is 19.2 Å². The minimum absolute atomic E-state index is 0. The molecule has 2 saturated heterocycles. The molecule has 6 heterocycles. The smallest absolute Gasteiger partial charge is 0.793 e. The van der Waals surface area contributed by atoms with Gasteiger partial charge in [-0.15, -0.1) is 0 Å². The van der Waals surface area contributed by atoms with E-state index in [-0.39, 0.29) is 29.6 Å². The second-order valence-corrected chi connectivity index (χ2v) is 14.1. The van der Waals surface area contributed by atoms with Crippen molar-refractivity contribution in [2.24, 2.45) is 0 Å². The number of nitrogens with one attached hydrogen (secondary N) is 3. The summed E-state index contributed by atoms with van der Waals surface area (Å²) in [6.45, 7) is 8.69. The SMILES string of the molecule is C1CCNC1.CC(=O)OOC(C)=O.O=C1CCC(c2c[nH]c3cccnc23)CC1.[B-]OC(C)=O.[Na+].c1cnc2c(C3CCC(N4CCCC4)CC3)c[nH]c2c1. The van der Waals surface area contributed by atoms with Gasteiger partial charge < -0.3 is 32.9 Å². The molecule has 0 atom stereocenters. The number of carbonyl (C=O) groups excluding carboxylic acids is 4. The zero-order chi connectivity index (χ0) is 38.7. The van der Waals surface area contributed by atoms with Crippen LogP contribution in [0.3, 0.4) is 0 Å². The Balaban J connectivity index is 0.000000206. The van der Waals surface area contributed by atoms with Crippen molar-refractivity contribution in [3.8, 4) is 0 Å². The summed E-state index contributed by atoms with van der Waals surface area (Å²) in [7, 11) is 4.32. The Labute approximate surface area is 347 Å². The molecule has 0 unspecified atom stereocenters. The first-order valence-electron chi connectivity index (χ1n) is 19.2. The van der Waals surface area contributed by atoms with Crippen LogP contribution in [0.2, 0.25) is 0 Å². The van der Waals surface area contributed by atoms with Crippen molar-refractivity contribution < 1.29 is 63.2 Å². The van der Waals surface area contributed by atoms with Gasteiger partial charge in [-0.1, -0.05) is 0 Å². The molecule has 4 aliphatic rings. The molecule has 8 rings (SSSR count). The van der Waals surface area contributed by atoms with E-state index >= 15 is 0 Å². The van der Waals surface area contributed by atoms with Crippen LogP contribution in [-0.2, 0) is 33.6 Å². The first kappa shape index (κ1) is 45.8. The van der Waals surface area contributed by atoms with Gasteiger partial charge >= 0.3 is 41.5 Å². The summed E-state index contributed by atoms with van der Waals surface area (Å²) in [5, 5.41) is 3.22. The van der Waals surface area contributed by atoms with Crippen molar-refractivity contribution in [1.82, 2.24) is 30.2 Å². The van der Waals surface area contributed by atoms with Gasteiger partial charge in [-0.3, -0.25) is 19.6 Å². The van der Waals surface area contributed by atoms with Crippen LogP contribution in [0.5, 0.6) is 0 Å². The molecule has 0 bridgehead atoms. The monoisotopic (exact) mass is 765 g/mol. The summed E-state index contributed by atoms with van der Waals surface area (Å²) < 4.78 is 3.61. The van der Waals surface area contributed by atoms with Gasteiger partial charge in [-0.2, -0.15) is 0 Å². The maximum absolute atomic E-state index is 11.2. The van der Waals surface area contributed by atoms with Crippen molar-refractivity contribution in [3.05, 3.63) is 60.2 Å². The standard InChI is InChI=1S/C17H23N3.C13H14N2O.C4H9N.C4H6O4.C2H3BO2.Na/c1-2-11-20(10-1)14-7-5-13(6-8-14)15-12-19-16-4-3-9-18-17(15)16;16-10-5-3-9(4-6-10)11-8-15-12-2-1-7-14-13(11)12;1-2-4-5-3-1;1-3(5)7-8-4(2)6;1-2(4)5-3;/h3-4,9,12-14,19H,1-2,5-8,10-11H2;1-2,7-9,15H,3-6H2;5H,1-4H2;1-2H3;1H3;/q;;;;-1;+1. The molecule has 291 valence electrons. The number of carbonyl (C=O) groups is 4. The van der Waals surface area contributed by atoms with Crippen molar-refractivity contribution in [2.45, 2.75) is 116 Å². The van der Waals surface area contributed by atoms with Gasteiger partial charge in [0, 0.05) is 64.4 Å². The van der Waals surface area contributed by atoms with Gasteiger partial charge in [0.1, 0.15) is 5.78 Å². The quantitative estimate of drug-likeness (QED) is 0.159. The van der Waals surface area contributed by atoms with E-state index in [1.807, 2.05) is 30.6 Å². The zero-order valence-electron chi connectivity index (χ0n) is 32.9. The molecule has 4 aromatic heterocycles. The van der Waals surface area contributed by atoms with Crippen LogP contribution in [-0.4, -0.2) is 88.8 Å². The fourth-order valence-electron chi connectivity index (χ4n) is 7.43. The first-order chi connectivity index (χ1) is 26.2. The molecule has 3 radical (unpaired) electrons. The van der Waals surface area contributed by atoms with Crippen LogP contribution < -0.4 is 34.9 Å². The van der Waals surface area contributed by atoms with E-state index in [1.54, 1.807) is 0 Å². The summed E-state index contributed by atoms with van der Waals surface area (Å²) in [5.41, 5.74) is 7.26. The Kier molecular flexibility index (Phi) is 20.7. The molecule has 4 aromatic rings. The van der Waals surface area contributed by atoms with Crippen LogP contribution in [0.25, 0.3) is 22.1 Å². The topological polar surface area (TPSA) is 169 Å². The Bertz CT molecular complexity index is 1730. The van der Waals surface area contributed by atoms with Crippen LogP contribution in [0.15, 0.2) is 49.1 Å². The number of Topliss-reactive ketones (excluding diaryl/α,β-unsaturated/α-hetero) is 1. The molecular weight excluding hydrogens is 710 g/mol. The summed E-state index contributed by atoms with van der Waals surface area (Å²) in [6, 6.07) is 8.97. The molecular formula is C40H55BN6NaO7. The number of hydrogen-bond donors (Lipinski definition) is 3. The molecule has 2 aliphatic heterocycles. The van der Waals surface area contributed by atoms with E-state index in [0.717, 1.165) is 56.6 Å². The number of hydrogen-bond acceptors (Lipinski definition) is 11. The Hall–Kier alpha value is -3.56. The summed E-state index contributed by atoms with van der Waals surface area (Å²) in [6.07, 6.45) is 22.4. The Morgan fingerprint density at radius 1 is 0.709 bits per heavy atom. The third kappa shape index (κ3) is 15.5. The average molecular weight is 766 g/mol. The third-order valence-corrected chi connectivity index (χ3v) is 10.1. The summed E-state index contributed by atoms with van der Waals surface area (Å²) in [5.74, 6) is -0.131. The van der Waals surface area contributed by atoms with Gasteiger partial charge in [0.05, 0.1) is 22.1 Å².